The molecular weight excluding hydrogens is 242 g/mol. The summed E-state index contributed by atoms with van der Waals surface area (Å²) in [6, 6.07) is 1.19. The van der Waals surface area contributed by atoms with Crippen LogP contribution in [0.1, 0.15) is 5.82 Å². The molecule has 0 amide bonds. The number of imidazole rings is 1. The Morgan fingerprint density at radius 2 is 2.12 bits per heavy atom. The van der Waals surface area contributed by atoms with Crippen molar-refractivity contribution in [2.45, 2.75) is 39.0 Å². The van der Waals surface area contributed by atoms with Gasteiger partial charge in [0.15, 0.2) is 0 Å². The molecule has 2 N–H and O–H groups in total. The highest BCUT2D eigenvalue weighted by Crippen LogP contribution is 2.08. The van der Waals surface area contributed by atoms with Crippen LogP contribution in [-0.4, -0.2) is 24.2 Å². The molecule has 16 heavy (non-hydrogen) atoms. The molecule has 4 nitrogen and oxygen atoms in total. The van der Waals surface area contributed by atoms with Gasteiger partial charge in [-0.05, 0) is 6.04 Å². The zero-order valence-corrected chi connectivity index (χ0v) is 12.1. The molecule has 0 aliphatic carbocycles. The summed E-state index contributed by atoms with van der Waals surface area (Å²) >= 11 is 0. The Bertz CT molecular complexity index is 298. The van der Waals surface area contributed by atoms with E-state index in [4.69, 9.17) is 10.5 Å². The van der Waals surface area contributed by atoms with Crippen LogP contribution in [0, 0.1) is 0 Å². The summed E-state index contributed by atoms with van der Waals surface area (Å²) in [7, 11) is -0.976. The van der Waals surface area contributed by atoms with E-state index in [0.29, 0.717) is 13.3 Å². The van der Waals surface area contributed by atoms with E-state index in [1.54, 1.807) is 6.20 Å². The van der Waals surface area contributed by atoms with Gasteiger partial charge in [-0.25, -0.2) is 4.98 Å². The maximum absolute atomic E-state index is 5.60. The van der Waals surface area contributed by atoms with Crippen molar-refractivity contribution >= 4 is 20.5 Å². The lowest BCUT2D eigenvalue weighted by Gasteiger charge is -2.15. The SMILES string of the molecule is C[Si](C)(C)CCOCn1ccnc1CN.Cl. The molecule has 1 aromatic rings. The molecule has 0 aliphatic rings. The smallest absolute Gasteiger partial charge is 0.124 e. The number of nitrogens with zero attached hydrogens (tertiary/aromatic N) is 2. The maximum atomic E-state index is 5.60. The molecule has 0 unspecified atom stereocenters. The fourth-order valence-corrected chi connectivity index (χ4v) is 1.95. The molecular formula is C10H22ClN3OSi. The summed E-state index contributed by atoms with van der Waals surface area (Å²) in [5, 5.41) is 0. The van der Waals surface area contributed by atoms with Gasteiger partial charge < -0.3 is 15.0 Å². The van der Waals surface area contributed by atoms with Gasteiger partial charge in [-0.2, -0.15) is 0 Å². The van der Waals surface area contributed by atoms with Gasteiger partial charge in [0, 0.05) is 27.1 Å². The molecule has 1 heterocycles. The van der Waals surface area contributed by atoms with E-state index in [2.05, 4.69) is 24.6 Å². The Morgan fingerprint density at radius 3 is 2.69 bits per heavy atom. The van der Waals surface area contributed by atoms with Gasteiger partial charge in [0.2, 0.25) is 0 Å². The van der Waals surface area contributed by atoms with Crippen LogP contribution in [0.5, 0.6) is 0 Å². The Labute approximate surface area is 105 Å². The molecule has 6 heteroatoms. The number of nitrogens with two attached hydrogens (primary N) is 1. The van der Waals surface area contributed by atoms with Crippen LogP contribution >= 0.6 is 12.4 Å². The van der Waals surface area contributed by atoms with Crippen LogP contribution in [-0.2, 0) is 18.0 Å². The first-order valence-electron chi connectivity index (χ1n) is 5.31. The van der Waals surface area contributed by atoms with Crippen molar-refractivity contribution < 1.29 is 4.74 Å². The van der Waals surface area contributed by atoms with Crippen LogP contribution in [0.25, 0.3) is 0 Å². The normalized spacial score (nSPS) is 11.2. The minimum absolute atomic E-state index is 0. The molecule has 0 spiro atoms. The molecule has 0 bridgehead atoms. The highest BCUT2D eigenvalue weighted by atomic mass is 35.5. The zero-order valence-electron chi connectivity index (χ0n) is 10.3. The third kappa shape index (κ3) is 5.65. The van der Waals surface area contributed by atoms with Crippen molar-refractivity contribution in [2.75, 3.05) is 6.61 Å². The fraction of sp³-hybridized carbons (Fsp3) is 0.700. The average molecular weight is 264 g/mol. The third-order valence-corrected chi connectivity index (χ3v) is 3.92. The number of rotatable bonds is 6. The van der Waals surface area contributed by atoms with E-state index in [-0.39, 0.29) is 12.4 Å². The number of hydrogen-bond donors (Lipinski definition) is 1. The Morgan fingerprint density at radius 1 is 1.44 bits per heavy atom. The molecule has 0 aliphatic heterocycles. The van der Waals surface area contributed by atoms with Gasteiger partial charge in [0.25, 0.3) is 0 Å². The van der Waals surface area contributed by atoms with Crippen LogP contribution in [0.4, 0.5) is 0 Å². The third-order valence-electron chi connectivity index (χ3n) is 2.21. The number of halogens is 1. The minimum atomic E-state index is -0.976. The standard InChI is InChI=1S/C10H21N3OSi.ClH/c1-15(2,3)7-6-14-9-13-5-4-12-10(13)8-11;/h4-5H,6-9,11H2,1-3H3;1H. The second-order valence-corrected chi connectivity index (χ2v) is 10.5. The van der Waals surface area contributed by atoms with Crippen molar-refractivity contribution in [1.82, 2.24) is 9.55 Å². The van der Waals surface area contributed by atoms with Gasteiger partial charge >= 0.3 is 0 Å². The summed E-state index contributed by atoms with van der Waals surface area (Å²) in [5.41, 5.74) is 5.54. The topological polar surface area (TPSA) is 53.1 Å². The lowest BCUT2D eigenvalue weighted by molar-refractivity contribution is 0.0852. The van der Waals surface area contributed by atoms with Gasteiger partial charge in [-0.3, -0.25) is 0 Å². The van der Waals surface area contributed by atoms with E-state index in [1.807, 2.05) is 10.8 Å². The summed E-state index contributed by atoms with van der Waals surface area (Å²) in [4.78, 5) is 4.13. The lowest BCUT2D eigenvalue weighted by atomic mass is 10.6. The van der Waals surface area contributed by atoms with Crippen molar-refractivity contribution in [3.8, 4) is 0 Å². The maximum Gasteiger partial charge on any atom is 0.124 e. The van der Waals surface area contributed by atoms with Crippen LogP contribution in [0.15, 0.2) is 12.4 Å². The van der Waals surface area contributed by atoms with Gasteiger partial charge in [-0.15, -0.1) is 12.4 Å². The number of ether oxygens (including phenoxy) is 1. The molecule has 94 valence electrons. The lowest BCUT2D eigenvalue weighted by Crippen LogP contribution is -2.22. The largest absolute Gasteiger partial charge is 0.361 e. The average Bonchev–Trinajstić information content (AvgIpc) is 2.58. The molecule has 0 aromatic carbocycles. The second-order valence-electron chi connectivity index (χ2n) is 4.87. The highest BCUT2D eigenvalue weighted by molar-refractivity contribution is 6.76. The predicted octanol–water partition coefficient (Wildman–Crippen LogP) is 2.08. The molecule has 1 aromatic heterocycles. The molecule has 0 saturated carbocycles. The summed E-state index contributed by atoms with van der Waals surface area (Å²) in [6.07, 6.45) is 3.65. The molecule has 0 fully saturated rings. The molecule has 0 radical (unpaired) electrons. The van der Waals surface area contributed by atoms with Gasteiger partial charge in [0.05, 0.1) is 6.54 Å². The summed E-state index contributed by atoms with van der Waals surface area (Å²) in [5.74, 6) is 0.878. The van der Waals surface area contributed by atoms with Crippen molar-refractivity contribution in [3.63, 3.8) is 0 Å². The molecule has 1 rings (SSSR count). The zero-order chi connectivity index (χ0) is 11.3. The minimum Gasteiger partial charge on any atom is -0.361 e. The quantitative estimate of drug-likeness (QED) is 0.632. The van der Waals surface area contributed by atoms with Crippen molar-refractivity contribution in [2.24, 2.45) is 5.73 Å². The number of aromatic nitrogens is 2. The van der Waals surface area contributed by atoms with E-state index >= 15 is 0 Å². The summed E-state index contributed by atoms with van der Waals surface area (Å²) in [6.45, 7) is 8.90. The fourth-order valence-electron chi connectivity index (χ4n) is 1.19. The van der Waals surface area contributed by atoms with E-state index in [0.717, 1.165) is 12.4 Å². The Kier molecular flexibility index (Phi) is 6.90. The van der Waals surface area contributed by atoms with E-state index in [1.165, 1.54) is 6.04 Å². The first kappa shape index (κ1) is 15.6. The van der Waals surface area contributed by atoms with Crippen LogP contribution in [0.2, 0.25) is 25.7 Å². The Hall–Kier alpha value is -0.363. The van der Waals surface area contributed by atoms with Crippen molar-refractivity contribution in [3.05, 3.63) is 18.2 Å². The second kappa shape index (κ2) is 7.06. The first-order chi connectivity index (χ1) is 7.03. The van der Waals surface area contributed by atoms with E-state index in [9.17, 15) is 0 Å². The monoisotopic (exact) mass is 263 g/mol. The Balaban J connectivity index is 0.00000225. The van der Waals surface area contributed by atoms with Crippen LogP contribution in [0.3, 0.4) is 0 Å². The van der Waals surface area contributed by atoms with Crippen LogP contribution < -0.4 is 5.73 Å². The molecule has 0 atom stereocenters. The summed E-state index contributed by atoms with van der Waals surface area (Å²) < 4.78 is 7.55. The molecule has 0 saturated heterocycles. The van der Waals surface area contributed by atoms with Crippen molar-refractivity contribution in [1.29, 1.82) is 0 Å². The first-order valence-corrected chi connectivity index (χ1v) is 9.01. The van der Waals surface area contributed by atoms with E-state index < -0.39 is 8.07 Å². The number of hydrogen-bond acceptors (Lipinski definition) is 3. The highest BCUT2D eigenvalue weighted by Gasteiger charge is 2.12. The van der Waals surface area contributed by atoms with Gasteiger partial charge in [0.1, 0.15) is 12.6 Å². The predicted molar refractivity (Wildman–Crippen MR) is 71.5 cm³/mol. The van der Waals surface area contributed by atoms with Gasteiger partial charge in [-0.1, -0.05) is 19.6 Å².